The second kappa shape index (κ2) is 5.60. The van der Waals surface area contributed by atoms with Crippen LogP contribution in [0, 0.1) is 4.91 Å². The number of nitrogens with zero attached hydrogens (tertiary/aromatic N) is 1. The second-order valence-electron chi connectivity index (χ2n) is 2.81. The van der Waals surface area contributed by atoms with E-state index in [1.807, 2.05) is 0 Å². The van der Waals surface area contributed by atoms with E-state index >= 15 is 0 Å². The standard InChI is InChI=1S/C10H10BrNO3/c1-2-15-10(13)9(12-14)7-4-3-5-8(11)6-7/h3-6,9H,2H2,1H3. The van der Waals surface area contributed by atoms with E-state index in [-0.39, 0.29) is 6.61 Å². The molecule has 1 atom stereocenters. The Balaban J connectivity index is 2.92. The third-order valence-electron chi connectivity index (χ3n) is 1.78. The molecular formula is C10H10BrNO3. The number of carbonyl (C=O) groups is 1. The zero-order valence-electron chi connectivity index (χ0n) is 8.14. The Bertz CT molecular complexity index is 367. The van der Waals surface area contributed by atoms with Crippen molar-refractivity contribution in [3.63, 3.8) is 0 Å². The quantitative estimate of drug-likeness (QED) is 0.625. The van der Waals surface area contributed by atoms with Gasteiger partial charge in [0.25, 0.3) is 0 Å². The van der Waals surface area contributed by atoms with Crippen LogP contribution in [0.1, 0.15) is 18.5 Å². The molecule has 0 N–H and O–H groups in total. The fraction of sp³-hybridized carbons (Fsp3) is 0.300. The maximum absolute atomic E-state index is 11.4. The Morgan fingerprint density at radius 3 is 2.87 bits per heavy atom. The van der Waals surface area contributed by atoms with Crippen molar-refractivity contribution in [3.05, 3.63) is 39.2 Å². The summed E-state index contributed by atoms with van der Waals surface area (Å²) in [5.74, 6) is -0.620. The number of esters is 1. The van der Waals surface area contributed by atoms with Gasteiger partial charge in [0.05, 0.1) is 6.61 Å². The van der Waals surface area contributed by atoms with Gasteiger partial charge < -0.3 is 4.74 Å². The molecule has 0 saturated heterocycles. The average Bonchev–Trinajstić information content (AvgIpc) is 2.19. The molecule has 1 aromatic rings. The number of rotatable bonds is 4. The number of carbonyl (C=O) groups excluding carboxylic acids is 1. The Morgan fingerprint density at radius 2 is 2.33 bits per heavy atom. The smallest absolute Gasteiger partial charge is 0.339 e. The highest BCUT2D eigenvalue weighted by atomic mass is 79.9. The Morgan fingerprint density at radius 1 is 1.60 bits per heavy atom. The lowest BCUT2D eigenvalue weighted by atomic mass is 10.1. The molecule has 0 heterocycles. The monoisotopic (exact) mass is 271 g/mol. The van der Waals surface area contributed by atoms with E-state index < -0.39 is 12.0 Å². The first kappa shape index (κ1) is 11.8. The molecule has 0 saturated carbocycles. The molecule has 0 spiro atoms. The van der Waals surface area contributed by atoms with Gasteiger partial charge in [-0.05, 0) is 29.8 Å². The summed E-state index contributed by atoms with van der Waals surface area (Å²) in [5, 5.41) is 2.77. The highest BCUT2D eigenvalue weighted by Gasteiger charge is 2.22. The summed E-state index contributed by atoms with van der Waals surface area (Å²) in [7, 11) is 0. The van der Waals surface area contributed by atoms with Crippen LogP contribution in [-0.2, 0) is 9.53 Å². The van der Waals surface area contributed by atoms with Gasteiger partial charge in [-0.1, -0.05) is 28.1 Å². The fourth-order valence-electron chi connectivity index (χ4n) is 1.14. The molecule has 1 unspecified atom stereocenters. The number of halogens is 1. The van der Waals surface area contributed by atoms with Crippen LogP contribution in [0.5, 0.6) is 0 Å². The van der Waals surface area contributed by atoms with Crippen molar-refractivity contribution < 1.29 is 9.53 Å². The molecule has 0 aromatic heterocycles. The lowest BCUT2D eigenvalue weighted by Gasteiger charge is -2.08. The summed E-state index contributed by atoms with van der Waals surface area (Å²) < 4.78 is 5.53. The average molecular weight is 272 g/mol. The minimum Gasteiger partial charge on any atom is -0.464 e. The maximum atomic E-state index is 11.4. The molecule has 1 aromatic carbocycles. The third kappa shape index (κ3) is 3.13. The van der Waals surface area contributed by atoms with Gasteiger partial charge in [-0.2, -0.15) is 0 Å². The summed E-state index contributed by atoms with van der Waals surface area (Å²) in [6, 6.07) is 5.78. The van der Waals surface area contributed by atoms with Gasteiger partial charge in [0.2, 0.25) is 6.04 Å². The predicted octanol–water partition coefficient (Wildman–Crippen LogP) is 2.82. The Hall–Kier alpha value is -1.23. The summed E-state index contributed by atoms with van der Waals surface area (Å²) in [6.45, 7) is 1.92. The largest absolute Gasteiger partial charge is 0.464 e. The minimum atomic E-state index is -1.08. The SMILES string of the molecule is CCOC(=O)C(N=O)c1cccc(Br)c1. The summed E-state index contributed by atoms with van der Waals surface area (Å²) >= 11 is 3.25. The van der Waals surface area contributed by atoms with E-state index in [9.17, 15) is 9.70 Å². The lowest BCUT2D eigenvalue weighted by Crippen LogP contribution is -2.13. The van der Waals surface area contributed by atoms with E-state index in [1.54, 1.807) is 31.2 Å². The number of benzene rings is 1. The number of hydrogen-bond acceptors (Lipinski definition) is 4. The van der Waals surface area contributed by atoms with Gasteiger partial charge in [0, 0.05) is 4.47 Å². The van der Waals surface area contributed by atoms with Crippen molar-refractivity contribution in [1.82, 2.24) is 0 Å². The van der Waals surface area contributed by atoms with Crippen LogP contribution in [0.25, 0.3) is 0 Å². The van der Waals surface area contributed by atoms with Crippen molar-refractivity contribution in [3.8, 4) is 0 Å². The molecule has 0 bridgehead atoms. The van der Waals surface area contributed by atoms with Crippen LogP contribution in [0.2, 0.25) is 0 Å². The molecule has 0 aliphatic carbocycles. The maximum Gasteiger partial charge on any atom is 0.339 e. The van der Waals surface area contributed by atoms with Crippen molar-refractivity contribution >= 4 is 21.9 Å². The second-order valence-corrected chi connectivity index (χ2v) is 3.73. The molecule has 0 fully saturated rings. The molecule has 0 aliphatic heterocycles. The summed E-state index contributed by atoms with van der Waals surface area (Å²) in [5.41, 5.74) is 0.526. The van der Waals surface area contributed by atoms with E-state index in [0.717, 1.165) is 4.47 Å². The van der Waals surface area contributed by atoms with Crippen LogP contribution in [0.4, 0.5) is 0 Å². The summed E-state index contributed by atoms with van der Waals surface area (Å²) in [4.78, 5) is 21.9. The molecule has 4 nitrogen and oxygen atoms in total. The molecule has 0 radical (unpaired) electrons. The molecule has 80 valence electrons. The normalized spacial score (nSPS) is 11.9. The zero-order chi connectivity index (χ0) is 11.3. The van der Waals surface area contributed by atoms with Crippen molar-refractivity contribution in [1.29, 1.82) is 0 Å². The summed E-state index contributed by atoms with van der Waals surface area (Å²) in [6.07, 6.45) is 0. The number of hydrogen-bond donors (Lipinski definition) is 0. The first-order valence-electron chi connectivity index (χ1n) is 4.43. The van der Waals surface area contributed by atoms with E-state index in [1.165, 1.54) is 0 Å². The van der Waals surface area contributed by atoms with Crippen LogP contribution in [0.3, 0.4) is 0 Å². The van der Waals surface area contributed by atoms with E-state index in [4.69, 9.17) is 4.74 Å². The lowest BCUT2D eigenvalue weighted by molar-refractivity contribution is -0.144. The molecule has 0 aliphatic rings. The van der Waals surface area contributed by atoms with Crippen LogP contribution < -0.4 is 0 Å². The van der Waals surface area contributed by atoms with Gasteiger partial charge in [-0.3, -0.25) is 0 Å². The molecule has 5 heteroatoms. The Kier molecular flexibility index (Phi) is 4.42. The Labute approximate surface area is 95.7 Å². The van der Waals surface area contributed by atoms with Crippen molar-refractivity contribution in [2.45, 2.75) is 13.0 Å². The van der Waals surface area contributed by atoms with Crippen molar-refractivity contribution in [2.24, 2.45) is 5.18 Å². The first-order valence-corrected chi connectivity index (χ1v) is 5.23. The van der Waals surface area contributed by atoms with Gasteiger partial charge in [-0.15, -0.1) is 4.91 Å². The number of nitroso groups, excluding NO2 is 1. The minimum absolute atomic E-state index is 0.235. The van der Waals surface area contributed by atoms with E-state index in [2.05, 4.69) is 21.1 Å². The third-order valence-corrected chi connectivity index (χ3v) is 2.27. The van der Waals surface area contributed by atoms with E-state index in [0.29, 0.717) is 5.56 Å². The van der Waals surface area contributed by atoms with Gasteiger partial charge in [0.1, 0.15) is 0 Å². The topological polar surface area (TPSA) is 55.7 Å². The zero-order valence-corrected chi connectivity index (χ0v) is 9.73. The van der Waals surface area contributed by atoms with Gasteiger partial charge in [-0.25, -0.2) is 4.79 Å². The van der Waals surface area contributed by atoms with Crippen molar-refractivity contribution in [2.75, 3.05) is 6.61 Å². The highest BCUT2D eigenvalue weighted by Crippen LogP contribution is 2.22. The van der Waals surface area contributed by atoms with Gasteiger partial charge in [0.15, 0.2) is 0 Å². The predicted molar refractivity (Wildman–Crippen MR) is 59.3 cm³/mol. The molecule has 15 heavy (non-hydrogen) atoms. The molecule has 1 rings (SSSR count). The fourth-order valence-corrected chi connectivity index (χ4v) is 1.55. The number of ether oxygens (including phenoxy) is 1. The van der Waals surface area contributed by atoms with Gasteiger partial charge >= 0.3 is 5.97 Å². The molecule has 0 amide bonds. The highest BCUT2D eigenvalue weighted by molar-refractivity contribution is 9.10. The van der Waals surface area contributed by atoms with Crippen LogP contribution >= 0.6 is 15.9 Å². The van der Waals surface area contributed by atoms with Crippen LogP contribution in [0.15, 0.2) is 33.9 Å². The first-order chi connectivity index (χ1) is 7.19. The molecular weight excluding hydrogens is 262 g/mol. The van der Waals surface area contributed by atoms with Crippen LogP contribution in [-0.4, -0.2) is 12.6 Å².